The van der Waals surface area contributed by atoms with E-state index in [-0.39, 0.29) is 0 Å². The number of ether oxygens (including phenoxy) is 1. The number of anilines is 1. The summed E-state index contributed by atoms with van der Waals surface area (Å²) in [5, 5.41) is 3.56. The van der Waals surface area contributed by atoms with E-state index in [0.29, 0.717) is 30.7 Å². The molecular weight excluding hydrogens is 416 g/mol. The van der Waals surface area contributed by atoms with Gasteiger partial charge in [-0.1, -0.05) is 0 Å². The SMILES string of the molecule is CC1(C)OCCn2c1nc1c(NCC3CC#CCCC3)nc(-c3cnc(C=CN)nc3)nc12. The van der Waals surface area contributed by atoms with Crippen LogP contribution in [0.25, 0.3) is 28.6 Å². The molecule has 1 aliphatic carbocycles. The van der Waals surface area contributed by atoms with E-state index in [9.17, 15) is 0 Å². The van der Waals surface area contributed by atoms with Crippen LogP contribution >= 0.6 is 0 Å². The summed E-state index contributed by atoms with van der Waals surface area (Å²) in [7, 11) is 0. The summed E-state index contributed by atoms with van der Waals surface area (Å²) >= 11 is 0. The molecule has 2 aliphatic rings. The number of imidazole rings is 1. The van der Waals surface area contributed by atoms with E-state index in [2.05, 4.69) is 31.7 Å². The van der Waals surface area contributed by atoms with Gasteiger partial charge in [0, 0.05) is 38.3 Å². The van der Waals surface area contributed by atoms with Gasteiger partial charge in [-0.05, 0) is 44.9 Å². The molecule has 9 heteroatoms. The summed E-state index contributed by atoms with van der Waals surface area (Å²) in [5.41, 5.74) is 7.24. The zero-order chi connectivity index (χ0) is 22.8. The van der Waals surface area contributed by atoms with Crippen molar-refractivity contribution in [3.8, 4) is 23.2 Å². The minimum atomic E-state index is -0.493. The summed E-state index contributed by atoms with van der Waals surface area (Å²) in [6, 6.07) is 0. The van der Waals surface area contributed by atoms with E-state index in [1.165, 1.54) is 6.20 Å². The van der Waals surface area contributed by atoms with Crippen LogP contribution in [0.5, 0.6) is 0 Å². The molecule has 0 amide bonds. The van der Waals surface area contributed by atoms with Crippen molar-refractivity contribution in [1.82, 2.24) is 29.5 Å². The Morgan fingerprint density at radius 3 is 2.91 bits per heavy atom. The van der Waals surface area contributed by atoms with Crippen molar-refractivity contribution >= 4 is 23.1 Å². The molecule has 0 fully saturated rings. The minimum absolute atomic E-state index is 0.483. The number of fused-ring (bicyclic) bond motifs is 3. The third kappa shape index (κ3) is 4.26. The molecule has 3 aromatic rings. The molecule has 170 valence electrons. The molecule has 4 heterocycles. The van der Waals surface area contributed by atoms with Gasteiger partial charge in [0.2, 0.25) is 0 Å². The van der Waals surface area contributed by atoms with Crippen molar-refractivity contribution in [3.05, 3.63) is 30.2 Å². The first-order valence-corrected chi connectivity index (χ1v) is 11.4. The van der Waals surface area contributed by atoms with Gasteiger partial charge in [0.1, 0.15) is 11.4 Å². The lowest BCUT2D eigenvalue weighted by Gasteiger charge is -2.30. The molecule has 0 saturated heterocycles. The second-order valence-electron chi connectivity index (χ2n) is 8.90. The highest BCUT2D eigenvalue weighted by atomic mass is 16.5. The molecule has 3 N–H and O–H groups in total. The maximum atomic E-state index is 5.98. The number of nitrogens with one attached hydrogen (secondary N) is 1. The van der Waals surface area contributed by atoms with Crippen LogP contribution in [0.4, 0.5) is 5.82 Å². The highest BCUT2D eigenvalue weighted by molar-refractivity contribution is 5.86. The first kappa shape index (κ1) is 21.3. The monoisotopic (exact) mass is 444 g/mol. The van der Waals surface area contributed by atoms with E-state index in [4.69, 9.17) is 25.4 Å². The normalized spacial score (nSPS) is 19.6. The van der Waals surface area contributed by atoms with Crippen molar-refractivity contribution in [2.45, 2.75) is 51.7 Å². The molecule has 0 radical (unpaired) electrons. The Morgan fingerprint density at radius 2 is 2.09 bits per heavy atom. The van der Waals surface area contributed by atoms with Crippen molar-refractivity contribution in [3.63, 3.8) is 0 Å². The second-order valence-corrected chi connectivity index (χ2v) is 8.90. The summed E-state index contributed by atoms with van der Waals surface area (Å²) in [5.74, 6) is 9.67. The maximum Gasteiger partial charge on any atom is 0.167 e. The fourth-order valence-electron chi connectivity index (χ4n) is 4.31. The molecule has 1 unspecified atom stereocenters. The summed E-state index contributed by atoms with van der Waals surface area (Å²) in [6.45, 7) is 6.16. The molecule has 9 nitrogen and oxygen atoms in total. The molecule has 0 bridgehead atoms. The highest BCUT2D eigenvalue weighted by Crippen LogP contribution is 2.34. The van der Waals surface area contributed by atoms with E-state index >= 15 is 0 Å². The number of nitrogens with two attached hydrogens (primary N) is 1. The molecule has 0 spiro atoms. The highest BCUT2D eigenvalue weighted by Gasteiger charge is 2.33. The average Bonchev–Trinajstić information content (AvgIpc) is 3.00. The number of aromatic nitrogens is 6. The summed E-state index contributed by atoms with van der Waals surface area (Å²) < 4.78 is 8.12. The zero-order valence-corrected chi connectivity index (χ0v) is 19.0. The van der Waals surface area contributed by atoms with Gasteiger partial charge in [-0.3, -0.25) is 0 Å². The molecule has 5 rings (SSSR count). The first-order valence-electron chi connectivity index (χ1n) is 11.4. The van der Waals surface area contributed by atoms with Crippen LogP contribution in [-0.4, -0.2) is 42.6 Å². The quantitative estimate of drug-likeness (QED) is 0.577. The van der Waals surface area contributed by atoms with Gasteiger partial charge in [-0.15, -0.1) is 11.8 Å². The predicted molar refractivity (Wildman–Crippen MR) is 127 cm³/mol. The van der Waals surface area contributed by atoms with Crippen molar-refractivity contribution in [2.75, 3.05) is 18.5 Å². The zero-order valence-electron chi connectivity index (χ0n) is 19.0. The number of hydrogen-bond donors (Lipinski definition) is 2. The summed E-state index contributed by atoms with van der Waals surface area (Å²) in [4.78, 5) is 23.4. The van der Waals surface area contributed by atoms with E-state index in [1.807, 2.05) is 13.8 Å². The summed E-state index contributed by atoms with van der Waals surface area (Å²) in [6.07, 6.45) is 10.7. The van der Waals surface area contributed by atoms with Crippen LogP contribution in [0.15, 0.2) is 18.6 Å². The topological polar surface area (TPSA) is 117 Å². The Bertz CT molecular complexity index is 1250. The maximum absolute atomic E-state index is 5.98. The third-order valence-corrected chi connectivity index (χ3v) is 6.07. The van der Waals surface area contributed by atoms with Gasteiger partial charge >= 0.3 is 0 Å². The van der Waals surface area contributed by atoms with Gasteiger partial charge < -0.3 is 20.4 Å². The fourth-order valence-corrected chi connectivity index (χ4v) is 4.31. The Balaban J connectivity index is 1.57. The lowest BCUT2D eigenvalue weighted by Crippen LogP contribution is -2.33. The van der Waals surface area contributed by atoms with Gasteiger partial charge in [0.05, 0.1) is 12.2 Å². The second kappa shape index (κ2) is 8.79. The Morgan fingerprint density at radius 1 is 1.24 bits per heavy atom. The third-order valence-electron chi connectivity index (χ3n) is 6.07. The van der Waals surface area contributed by atoms with Crippen LogP contribution in [0, 0.1) is 17.8 Å². The molecule has 1 aliphatic heterocycles. The molecule has 0 aromatic carbocycles. The smallest absolute Gasteiger partial charge is 0.167 e. The van der Waals surface area contributed by atoms with Gasteiger partial charge in [-0.25, -0.2) is 24.9 Å². The molecule has 0 saturated carbocycles. The molecular formula is C24H28N8O. The van der Waals surface area contributed by atoms with Crippen LogP contribution in [-0.2, 0) is 16.9 Å². The van der Waals surface area contributed by atoms with E-state index in [0.717, 1.165) is 60.6 Å². The van der Waals surface area contributed by atoms with Gasteiger partial charge in [0.15, 0.2) is 28.6 Å². The van der Waals surface area contributed by atoms with Gasteiger partial charge in [0.25, 0.3) is 0 Å². The van der Waals surface area contributed by atoms with E-state index < -0.39 is 5.60 Å². The Hall–Kier alpha value is -3.51. The van der Waals surface area contributed by atoms with Crippen molar-refractivity contribution in [2.24, 2.45) is 11.7 Å². The molecule has 1 atom stereocenters. The van der Waals surface area contributed by atoms with Crippen molar-refractivity contribution in [1.29, 1.82) is 0 Å². The standard InChI is InChI=1S/C24H28N8O/c1-24(2)23-29-19-21(28-13-16-7-5-3-4-6-8-16)30-20(31-22(19)32(23)11-12-33-24)17-14-26-18(9-10-25)27-15-17/h9-10,14-16H,3,5,7-8,11-13,25H2,1-2H3,(H,28,30,31). The number of rotatable bonds is 5. The minimum Gasteiger partial charge on any atom is -0.404 e. The van der Waals surface area contributed by atoms with Crippen molar-refractivity contribution < 1.29 is 4.74 Å². The lowest BCUT2D eigenvalue weighted by molar-refractivity contribution is -0.0530. The van der Waals surface area contributed by atoms with Crippen LogP contribution in [0.3, 0.4) is 0 Å². The Labute approximate surface area is 192 Å². The number of nitrogens with zero attached hydrogens (tertiary/aromatic N) is 6. The molecule has 33 heavy (non-hydrogen) atoms. The van der Waals surface area contributed by atoms with Crippen LogP contribution < -0.4 is 11.1 Å². The lowest BCUT2D eigenvalue weighted by atomic mass is 10.0. The van der Waals surface area contributed by atoms with Crippen LogP contribution in [0.1, 0.15) is 51.2 Å². The Kier molecular flexibility index (Phi) is 5.68. The largest absolute Gasteiger partial charge is 0.404 e. The molecule has 3 aromatic heterocycles. The number of hydrogen-bond acceptors (Lipinski definition) is 8. The van der Waals surface area contributed by atoms with Crippen LogP contribution in [0.2, 0.25) is 0 Å². The fraction of sp³-hybridized carbons (Fsp3) is 0.458. The first-order chi connectivity index (χ1) is 16.0. The predicted octanol–water partition coefficient (Wildman–Crippen LogP) is 3.08. The van der Waals surface area contributed by atoms with E-state index in [1.54, 1.807) is 18.5 Å². The average molecular weight is 445 g/mol. The van der Waals surface area contributed by atoms with Gasteiger partial charge in [-0.2, -0.15) is 0 Å².